The molecule has 0 aromatic rings. The number of hydrogen-bond donors (Lipinski definition) is 1. The highest BCUT2D eigenvalue weighted by molar-refractivity contribution is 8.00. The molecule has 2 unspecified atom stereocenters. The lowest BCUT2D eigenvalue weighted by Crippen LogP contribution is -2.70. The topological polar surface area (TPSA) is 29.1 Å². The molecule has 0 aromatic heterocycles. The Balaban J connectivity index is 1.77. The monoisotopic (exact) mass is 377 g/mol. The largest absolute Gasteiger partial charge is 0.352 e. The first-order valence-corrected chi connectivity index (χ1v) is 12.2. The molecule has 4 fully saturated rings. The zero-order valence-corrected chi connectivity index (χ0v) is 18.4. The van der Waals surface area contributed by atoms with Crippen molar-refractivity contribution in [3.63, 3.8) is 0 Å². The van der Waals surface area contributed by atoms with Gasteiger partial charge in [0.1, 0.15) is 0 Å². The highest BCUT2D eigenvalue weighted by Gasteiger charge is 2.66. The standard InChI is InChI=1S/C23H39NOS/c1-6-14-26-20-19-23(5,13-10-17(25)24-19)16-9-12-22(4)11-7-8-15(22)18(16)21(20,2)3/h15-16,18-20H,6-14H2,1-5H3,(H,24,25)/t15-,16+,18-,19?,20?,22-,23+/m0/s1. The van der Waals surface area contributed by atoms with E-state index in [9.17, 15) is 4.79 Å². The summed E-state index contributed by atoms with van der Waals surface area (Å²) in [4.78, 5) is 12.4. The van der Waals surface area contributed by atoms with Gasteiger partial charge >= 0.3 is 0 Å². The number of thioether (sulfide) groups is 1. The van der Waals surface area contributed by atoms with Crippen LogP contribution >= 0.6 is 11.8 Å². The summed E-state index contributed by atoms with van der Waals surface area (Å²) in [6, 6.07) is 0.363. The average molecular weight is 378 g/mol. The van der Waals surface area contributed by atoms with E-state index in [0.29, 0.717) is 33.4 Å². The fraction of sp³-hybridized carbons (Fsp3) is 0.957. The molecule has 2 nitrogen and oxygen atoms in total. The zero-order chi connectivity index (χ0) is 18.7. The normalized spacial score (nSPS) is 49.7. The van der Waals surface area contributed by atoms with Crippen LogP contribution in [0.15, 0.2) is 0 Å². The first-order chi connectivity index (χ1) is 12.2. The van der Waals surface area contributed by atoms with Crippen molar-refractivity contribution in [3.05, 3.63) is 0 Å². The van der Waals surface area contributed by atoms with E-state index in [2.05, 4.69) is 51.7 Å². The predicted octanol–water partition coefficient (Wildman–Crippen LogP) is 5.66. The molecule has 0 bridgehead atoms. The lowest BCUT2D eigenvalue weighted by molar-refractivity contribution is -0.153. The smallest absolute Gasteiger partial charge is 0.220 e. The Hall–Kier alpha value is -0.180. The molecule has 7 atom stereocenters. The predicted molar refractivity (Wildman–Crippen MR) is 111 cm³/mol. The van der Waals surface area contributed by atoms with Gasteiger partial charge in [0.2, 0.25) is 5.91 Å². The molecule has 0 aromatic carbocycles. The second-order valence-corrected chi connectivity index (χ2v) is 12.2. The van der Waals surface area contributed by atoms with Gasteiger partial charge in [0.25, 0.3) is 0 Å². The van der Waals surface area contributed by atoms with Gasteiger partial charge in [0.15, 0.2) is 0 Å². The van der Waals surface area contributed by atoms with Gasteiger partial charge in [0, 0.05) is 17.7 Å². The van der Waals surface area contributed by atoms with Gasteiger partial charge < -0.3 is 5.32 Å². The van der Waals surface area contributed by atoms with Crippen molar-refractivity contribution in [1.29, 1.82) is 0 Å². The Morgan fingerprint density at radius 1 is 1.08 bits per heavy atom. The van der Waals surface area contributed by atoms with Crippen molar-refractivity contribution >= 4 is 17.7 Å². The molecule has 4 aliphatic rings. The molecule has 3 aliphatic carbocycles. The van der Waals surface area contributed by atoms with E-state index in [4.69, 9.17) is 0 Å². The van der Waals surface area contributed by atoms with Crippen molar-refractivity contribution in [2.24, 2.45) is 34.0 Å². The van der Waals surface area contributed by atoms with Crippen molar-refractivity contribution in [2.45, 2.75) is 97.3 Å². The highest BCUT2D eigenvalue weighted by atomic mass is 32.2. The molecule has 1 saturated heterocycles. The number of carbonyl (C=O) groups excluding carboxylic acids is 1. The van der Waals surface area contributed by atoms with Crippen molar-refractivity contribution in [2.75, 3.05) is 5.75 Å². The van der Waals surface area contributed by atoms with Gasteiger partial charge in [-0.3, -0.25) is 4.79 Å². The van der Waals surface area contributed by atoms with E-state index >= 15 is 0 Å². The van der Waals surface area contributed by atoms with E-state index in [1.807, 2.05) is 0 Å². The molecule has 1 aliphatic heterocycles. The summed E-state index contributed by atoms with van der Waals surface area (Å²) in [5.74, 6) is 4.03. The molecule has 4 rings (SSSR count). The van der Waals surface area contributed by atoms with Crippen LogP contribution in [0.25, 0.3) is 0 Å². The molecule has 0 spiro atoms. The molecule has 3 saturated carbocycles. The second-order valence-electron chi connectivity index (χ2n) is 11.0. The summed E-state index contributed by atoms with van der Waals surface area (Å²) in [7, 11) is 0. The van der Waals surface area contributed by atoms with Crippen LogP contribution < -0.4 is 5.32 Å². The Labute approximate surface area is 165 Å². The molecule has 1 heterocycles. The SMILES string of the molecule is CCCSC1C2NC(=O)CC[C@]2(C)[C@@H]2CC[C@]3(C)CCC[C@H]3[C@@H]2C1(C)C. The summed E-state index contributed by atoms with van der Waals surface area (Å²) in [6.45, 7) is 12.5. The van der Waals surface area contributed by atoms with Gasteiger partial charge in [-0.25, -0.2) is 0 Å². The summed E-state index contributed by atoms with van der Waals surface area (Å²) in [6.07, 6.45) is 10.2. The molecule has 1 amide bonds. The minimum Gasteiger partial charge on any atom is -0.352 e. The number of amides is 1. The molecule has 3 heteroatoms. The van der Waals surface area contributed by atoms with Gasteiger partial charge in [-0.2, -0.15) is 11.8 Å². The van der Waals surface area contributed by atoms with E-state index in [1.165, 1.54) is 44.3 Å². The Kier molecular flexibility index (Phi) is 4.73. The second kappa shape index (κ2) is 6.42. The van der Waals surface area contributed by atoms with E-state index in [1.54, 1.807) is 0 Å². The van der Waals surface area contributed by atoms with E-state index in [-0.39, 0.29) is 0 Å². The summed E-state index contributed by atoms with van der Waals surface area (Å²) >= 11 is 2.16. The Morgan fingerprint density at radius 2 is 1.85 bits per heavy atom. The minimum atomic E-state index is 0.295. The maximum atomic E-state index is 12.4. The van der Waals surface area contributed by atoms with Crippen LogP contribution in [-0.4, -0.2) is 23.0 Å². The summed E-state index contributed by atoms with van der Waals surface area (Å²) in [5.41, 5.74) is 1.18. The van der Waals surface area contributed by atoms with Crippen LogP contribution in [0.1, 0.15) is 86.0 Å². The number of carbonyl (C=O) groups is 1. The number of piperidine rings is 1. The van der Waals surface area contributed by atoms with Gasteiger partial charge in [-0.05, 0) is 78.3 Å². The number of hydrogen-bond acceptors (Lipinski definition) is 2. The van der Waals surface area contributed by atoms with Crippen molar-refractivity contribution in [1.82, 2.24) is 5.32 Å². The number of fused-ring (bicyclic) bond motifs is 5. The summed E-state index contributed by atoms with van der Waals surface area (Å²) < 4.78 is 0. The maximum Gasteiger partial charge on any atom is 0.220 e. The highest BCUT2D eigenvalue weighted by Crippen LogP contribution is 2.69. The molecule has 148 valence electrons. The first-order valence-electron chi connectivity index (χ1n) is 11.1. The van der Waals surface area contributed by atoms with Gasteiger partial charge in [-0.15, -0.1) is 0 Å². The van der Waals surface area contributed by atoms with Crippen LogP contribution in [0.5, 0.6) is 0 Å². The quantitative estimate of drug-likeness (QED) is 0.688. The maximum absolute atomic E-state index is 12.4. The lowest BCUT2D eigenvalue weighted by atomic mass is 9.42. The lowest BCUT2D eigenvalue weighted by Gasteiger charge is -2.67. The first kappa shape index (κ1) is 19.2. The zero-order valence-electron chi connectivity index (χ0n) is 17.6. The molecule has 0 radical (unpaired) electrons. The Bertz CT molecular complexity index is 575. The van der Waals surface area contributed by atoms with Crippen molar-refractivity contribution < 1.29 is 4.79 Å². The fourth-order valence-electron chi connectivity index (χ4n) is 7.87. The van der Waals surface area contributed by atoms with E-state index < -0.39 is 0 Å². The fourth-order valence-corrected chi connectivity index (χ4v) is 9.51. The average Bonchev–Trinajstić information content (AvgIpc) is 2.97. The van der Waals surface area contributed by atoms with Crippen LogP contribution in [0.3, 0.4) is 0 Å². The van der Waals surface area contributed by atoms with Crippen molar-refractivity contribution in [3.8, 4) is 0 Å². The molecule has 26 heavy (non-hydrogen) atoms. The van der Waals surface area contributed by atoms with Gasteiger partial charge in [0.05, 0.1) is 0 Å². The third kappa shape index (κ3) is 2.62. The van der Waals surface area contributed by atoms with Crippen LogP contribution in [0.4, 0.5) is 0 Å². The summed E-state index contributed by atoms with van der Waals surface area (Å²) in [5, 5.41) is 4.07. The Morgan fingerprint density at radius 3 is 2.58 bits per heavy atom. The van der Waals surface area contributed by atoms with Crippen LogP contribution in [0, 0.1) is 34.0 Å². The number of nitrogens with one attached hydrogen (secondary N) is 1. The van der Waals surface area contributed by atoms with Crippen LogP contribution in [-0.2, 0) is 4.79 Å². The molecule has 1 N–H and O–H groups in total. The number of rotatable bonds is 3. The van der Waals surface area contributed by atoms with Gasteiger partial charge in [-0.1, -0.05) is 41.0 Å². The third-order valence-corrected chi connectivity index (χ3v) is 11.1. The minimum absolute atomic E-state index is 0.295. The molecular weight excluding hydrogens is 338 g/mol. The van der Waals surface area contributed by atoms with E-state index in [0.717, 1.165) is 30.6 Å². The third-order valence-electron chi connectivity index (χ3n) is 9.21. The molecular formula is C23H39NOS. The van der Waals surface area contributed by atoms with Crippen LogP contribution in [0.2, 0.25) is 0 Å².